The Morgan fingerprint density at radius 1 is 0.875 bits per heavy atom. The summed E-state index contributed by atoms with van der Waals surface area (Å²) < 4.78 is 5.49. The Bertz CT molecular complexity index is 1030. The van der Waals surface area contributed by atoms with Gasteiger partial charge in [-0.05, 0) is 38.8 Å². The van der Waals surface area contributed by atoms with E-state index in [0.717, 1.165) is 19.3 Å². The summed E-state index contributed by atoms with van der Waals surface area (Å²) in [7, 11) is 0. The van der Waals surface area contributed by atoms with Gasteiger partial charge in [-0.25, -0.2) is 0 Å². The minimum absolute atomic E-state index is 0.0950. The fourth-order valence-electron chi connectivity index (χ4n) is 3.70. The number of fused-ring (bicyclic) bond motifs is 2. The highest BCUT2D eigenvalue weighted by molar-refractivity contribution is 6.31. The highest BCUT2D eigenvalue weighted by Crippen LogP contribution is 2.36. The number of esters is 1. The number of rotatable bonds is 10. The Kier molecular flexibility index (Phi) is 7.33. The molecule has 32 heavy (non-hydrogen) atoms. The quantitative estimate of drug-likeness (QED) is 0.335. The van der Waals surface area contributed by atoms with Crippen LogP contribution in [0.2, 0.25) is 0 Å². The third-order valence-corrected chi connectivity index (χ3v) is 5.84. The Balaban J connectivity index is 1.93. The van der Waals surface area contributed by atoms with Crippen LogP contribution in [0.5, 0.6) is 0 Å². The second-order valence-electron chi connectivity index (χ2n) is 8.69. The van der Waals surface area contributed by atoms with Crippen LogP contribution in [0.15, 0.2) is 36.4 Å². The molecule has 0 bridgehead atoms. The summed E-state index contributed by atoms with van der Waals surface area (Å²) in [4.78, 5) is 39.1. The van der Waals surface area contributed by atoms with Crippen LogP contribution >= 0.6 is 0 Å². The van der Waals surface area contributed by atoms with Crippen molar-refractivity contribution >= 4 is 28.9 Å². The van der Waals surface area contributed by atoms with E-state index in [2.05, 4.69) is 17.6 Å². The van der Waals surface area contributed by atoms with Crippen molar-refractivity contribution in [3.8, 4) is 0 Å². The number of hydrogen-bond acceptors (Lipinski definition) is 6. The smallest absolute Gasteiger partial charge is 0.325 e. The minimum Gasteiger partial charge on any atom is -0.458 e. The molecule has 0 amide bonds. The van der Waals surface area contributed by atoms with Crippen LogP contribution < -0.4 is 10.6 Å². The summed E-state index contributed by atoms with van der Waals surface area (Å²) in [6, 6.07) is 10.4. The van der Waals surface area contributed by atoms with Gasteiger partial charge in [0, 0.05) is 29.0 Å². The molecule has 0 saturated heterocycles. The largest absolute Gasteiger partial charge is 0.458 e. The third kappa shape index (κ3) is 5.01. The molecular weight excluding hydrogens is 404 g/mol. The molecule has 0 unspecified atom stereocenters. The van der Waals surface area contributed by atoms with Gasteiger partial charge in [0.25, 0.3) is 0 Å². The molecule has 0 fully saturated rings. The van der Waals surface area contributed by atoms with Crippen molar-refractivity contribution in [1.29, 1.82) is 0 Å². The first-order chi connectivity index (χ1) is 15.3. The molecule has 0 heterocycles. The van der Waals surface area contributed by atoms with Gasteiger partial charge < -0.3 is 15.4 Å². The predicted octanol–water partition coefficient (Wildman–Crippen LogP) is 5.21. The van der Waals surface area contributed by atoms with Crippen molar-refractivity contribution in [1.82, 2.24) is 0 Å². The first-order valence-corrected chi connectivity index (χ1v) is 11.3. The molecule has 1 aliphatic rings. The van der Waals surface area contributed by atoms with E-state index in [1.807, 2.05) is 20.8 Å². The van der Waals surface area contributed by atoms with E-state index < -0.39 is 11.6 Å². The van der Waals surface area contributed by atoms with Gasteiger partial charge in [0.1, 0.15) is 12.1 Å². The van der Waals surface area contributed by atoms with Gasteiger partial charge in [-0.1, -0.05) is 51.0 Å². The second-order valence-corrected chi connectivity index (χ2v) is 8.69. The lowest BCUT2D eigenvalue weighted by Crippen LogP contribution is -2.31. The summed E-state index contributed by atoms with van der Waals surface area (Å²) in [6.07, 6.45) is 3.85. The zero-order valence-electron chi connectivity index (χ0n) is 19.3. The van der Waals surface area contributed by atoms with Crippen molar-refractivity contribution < 1.29 is 19.1 Å². The normalized spacial score (nSPS) is 12.8. The Hall–Kier alpha value is -3.15. The first-order valence-electron chi connectivity index (χ1n) is 11.3. The van der Waals surface area contributed by atoms with Crippen molar-refractivity contribution in [3.05, 3.63) is 58.7 Å². The van der Waals surface area contributed by atoms with Gasteiger partial charge in [-0.3, -0.25) is 14.4 Å². The first kappa shape index (κ1) is 23.5. The van der Waals surface area contributed by atoms with E-state index in [1.165, 1.54) is 0 Å². The Morgan fingerprint density at radius 2 is 1.44 bits per heavy atom. The predicted molar refractivity (Wildman–Crippen MR) is 127 cm³/mol. The van der Waals surface area contributed by atoms with Gasteiger partial charge in [0.15, 0.2) is 11.6 Å². The van der Waals surface area contributed by atoms with Crippen LogP contribution in [0.25, 0.3) is 0 Å². The van der Waals surface area contributed by atoms with Crippen LogP contribution in [-0.4, -0.2) is 36.2 Å². The summed E-state index contributed by atoms with van der Waals surface area (Å²) in [5.74, 6) is -0.828. The van der Waals surface area contributed by atoms with Crippen molar-refractivity contribution in [3.63, 3.8) is 0 Å². The molecule has 0 radical (unpaired) electrons. The van der Waals surface area contributed by atoms with E-state index in [1.54, 1.807) is 36.4 Å². The van der Waals surface area contributed by atoms with Crippen LogP contribution in [0, 0.1) is 0 Å². The molecular formula is C26H32N2O4. The molecule has 0 aromatic heterocycles. The van der Waals surface area contributed by atoms with Crippen molar-refractivity contribution in [2.45, 2.75) is 59.0 Å². The number of unbranched alkanes of at least 4 members (excludes halogenated alkanes) is 2. The monoisotopic (exact) mass is 436 g/mol. The van der Waals surface area contributed by atoms with Crippen LogP contribution in [0.1, 0.15) is 85.2 Å². The van der Waals surface area contributed by atoms with E-state index in [4.69, 9.17) is 4.74 Å². The van der Waals surface area contributed by atoms with E-state index in [-0.39, 0.29) is 18.1 Å². The average Bonchev–Trinajstić information content (AvgIpc) is 2.78. The Labute approximate surface area is 189 Å². The average molecular weight is 437 g/mol. The fourth-order valence-corrected chi connectivity index (χ4v) is 3.70. The lowest BCUT2D eigenvalue weighted by atomic mass is 9.82. The number of nitrogens with one attached hydrogen (secondary N) is 2. The number of anilines is 2. The topological polar surface area (TPSA) is 84.5 Å². The standard InChI is InChI=1S/C26H32N2O4/c1-5-7-10-15-27-19-13-14-20(28-16-21(29)32-26(3,4)6-2)23-22(19)24(30)17-11-8-9-12-18(17)25(23)31/h8-9,11-14,27-28H,5-7,10,15-16H2,1-4H3. The van der Waals surface area contributed by atoms with E-state index in [0.29, 0.717) is 46.6 Å². The maximum Gasteiger partial charge on any atom is 0.325 e. The Morgan fingerprint density at radius 3 is 1.97 bits per heavy atom. The lowest BCUT2D eigenvalue weighted by Gasteiger charge is -2.25. The zero-order valence-corrected chi connectivity index (χ0v) is 19.3. The minimum atomic E-state index is -0.560. The SMILES string of the molecule is CCCCCNc1ccc(NCC(=O)OC(C)(C)CC)c2c1C(=O)c1ccccc1C2=O. The highest BCUT2D eigenvalue weighted by atomic mass is 16.6. The molecule has 6 heteroatoms. The summed E-state index contributed by atoms with van der Waals surface area (Å²) >= 11 is 0. The molecule has 6 nitrogen and oxygen atoms in total. The number of carbonyl (C=O) groups is 3. The summed E-state index contributed by atoms with van der Waals surface area (Å²) in [5, 5.41) is 6.36. The molecule has 170 valence electrons. The summed E-state index contributed by atoms with van der Waals surface area (Å²) in [5.41, 5.74) is 1.99. The van der Waals surface area contributed by atoms with Gasteiger partial charge in [-0.2, -0.15) is 0 Å². The van der Waals surface area contributed by atoms with Crippen molar-refractivity contribution in [2.75, 3.05) is 23.7 Å². The van der Waals surface area contributed by atoms with Crippen LogP contribution in [-0.2, 0) is 9.53 Å². The lowest BCUT2D eigenvalue weighted by molar-refractivity contribution is -0.154. The maximum absolute atomic E-state index is 13.4. The highest BCUT2D eigenvalue weighted by Gasteiger charge is 2.34. The number of hydrogen-bond donors (Lipinski definition) is 2. The van der Waals surface area contributed by atoms with Crippen LogP contribution in [0.3, 0.4) is 0 Å². The molecule has 0 saturated carbocycles. The van der Waals surface area contributed by atoms with Gasteiger partial charge in [0.2, 0.25) is 0 Å². The van der Waals surface area contributed by atoms with Gasteiger partial charge in [0.05, 0.1) is 11.1 Å². The number of ketones is 2. The van der Waals surface area contributed by atoms with Crippen molar-refractivity contribution in [2.24, 2.45) is 0 Å². The molecule has 2 aromatic carbocycles. The molecule has 2 N–H and O–H groups in total. The molecule has 0 spiro atoms. The molecule has 0 aliphatic heterocycles. The van der Waals surface area contributed by atoms with E-state index >= 15 is 0 Å². The summed E-state index contributed by atoms with van der Waals surface area (Å²) in [6.45, 7) is 8.41. The molecule has 3 rings (SSSR count). The fraction of sp³-hybridized carbons (Fsp3) is 0.423. The number of ether oxygens (including phenoxy) is 1. The zero-order chi connectivity index (χ0) is 23.3. The number of benzene rings is 2. The number of carbonyl (C=O) groups excluding carboxylic acids is 3. The molecule has 0 atom stereocenters. The second kappa shape index (κ2) is 9.98. The molecule has 2 aromatic rings. The maximum atomic E-state index is 13.4. The van der Waals surface area contributed by atoms with E-state index in [9.17, 15) is 14.4 Å². The van der Waals surface area contributed by atoms with Gasteiger partial charge >= 0.3 is 5.97 Å². The third-order valence-electron chi connectivity index (χ3n) is 5.84. The molecule has 1 aliphatic carbocycles. The van der Waals surface area contributed by atoms with Crippen LogP contribution in [0.4, 0.5) is 11.4 Å². The van der Waals surface area contributed by atoms with Gasteiger partial charge in [-0.15, -0.1) is 0 Å².